The van der Waals surface area contributed by atoms with Gasteiger partial charge in [0.1, 0.15) is 5.75 Å². The molecule has 1 aliphatic heterocycles. The van der Waals surface area contributed by atoms with E-state index in [1.807, 2.05) is 0 Å². The number of amides is 1. The van der Waals surface area contributed by atoms with Gasteiger partial charge >= 0.3 is 0 Å². The molecule has 1 saturated heterocycles. The molecule has 2 rings (SSSR count). The summed E-state index contributed by atoms with van der Waals surface area (Å²) >= 11 is 5.82. The molecule has 0 aromatic heterocycles. The Morgan fingerprint density at radius 1 is 1.56 bits per heavy atom. The summed E-state index contributed by atoms with van der Waals surface area (Å²) in [5.74, 6) is 1.06. The SMILES string of the molecule is O=C(COc1cccc(Cl)c1)NCC1CCNC1. The number of ether oxygens (including phenoxy) is 1. The van der Waals surface area contributed by atoms with Crippen molar-refractivity contribution in [1.29, 1.82) is 0 Å². The van der Waals surface area contributed by atoms with Crippen LogP contribution < -0.4 is 15.4 Å². The van der Waals surface area contributed by atoms with Crippen LogP contribution in [0.5, 0.6) is 5.75 Å². The molecule has 0 spiro atoms. The highest BCUT2D eigenvalue weighted by molar-refractivity contribution is 6.30. The summed E-state index contributed by atoms with van der Waals surface area (Å²) in [6.45, 7) is 2.76. The van der Waals surface area contributed by atoms with E-state index in [1.165, 1.54) is 0 Å². The Labute approximate surface area is 112 Å². The number of hydrogen-bond donors (Lipinski definition) is 2. The lowest BCUT2D eigenvalue weighted by atomic mass is 10.1. The summed E-state index contributed by atoms with van der Waals surface area (Å²) in [4.78, 5) is 11.6. The normalized spacial score (nSPS) is 18.6. The zero-order valence-electron chi connectivity index (χ0n) is 10.1. The third-order valence-corrected chi connectivity index (χ3v) is 3.15. The Morgan fingerprint density at radius 2 is 2.44 bits per heavy atom. The maximum atomic E-state index is 11.6. The van der Waals surface area contributed by atoms with Gasteiger partial charge in [0.05, 0.1) is 0 Å². The molecule has 1 atom stereocenters. The second kappa shape index (κ2) is 6.61. The average Bonchev–Trinajstić information content (AvgIpc) is 2.87. The van der Waals surface area contributed by atoms with Gasteiger partial charge in [-0.2, -0.15) is 0 Å². The Kier molecular flexibility index (Phi) is 4.84. The Balaban J connectivity index is 1.68. The first-order chi connectivity index (χ1) is 8.74. The highest BCUT2D eigenvalue weighted by Crippen LogP contribution is 2.16. The number of nitrogens with one attached hydrogen (secondary N) is 2. The maximum Gasteiger partial charge on any atom is 0.257 e. The quantitative estimate of drug-likeness (QED) is 0.850. The first kappa shape index (κ1) is 13.2. The molecular formula is C13H17ClN2O2. The molecule has 0 bridgehead atoms. The largest absolute Gasteiger partial charge is 0.484 e. The van der Waals surface area contributed by atoms with E-state index >= 15 is 0 Å². The van der Waals surface area contributed by atoms with Crippen molar-refractivity contribution in [2.24, 2.45) is 5.92 Å². The van der Waals surface area contributed by atoms with Crippen molar-refractivity contribution in [2.45, 2.75) is 6.42 Å². The van der Waals surface area contributed by atoms with Gasteiger partial charge in [-0.15, -0.1) is 0 Å². The van der Waals surface area contributed by atoms with Crippen molar-refractivity contribution in [3.8, 4) is 5.75 Å². The van der Waals surface area contributed by atoms with E-state index in [9.17, 15) is 4.79 Å². The Bertz CT molecular complexity index is 406. The smallest absolute Gasteiger partial charge is 0.257 e. The highest BCUT2D eigenvalue weighted by atomic mass is 35.5. The summed E-state index contributed by atoms with van der Waals surface area (Å²) in [6, 6.07) is 7.02. The van der Waals surface area contributed by atoms with Gasteiger partial charge in [0.15, 0.2) is 6.61 Å². The molecule has 4 nitrogen and oxygen atoms in total. The van der Waals surface area contributed by atoms with E-state index in [1.54, 1.807) is 24.3 Å². The summed E-state index contributed by atoms with van der Waals surface area (Å²) in [5.41, 5.74) is 0. The summed E-state index contributed by atoms with van der Waals surface area (Å²) in [7, 11) is 0. The molecule has 5 heteroatoms. The Hall–Kier alpha value is -1.26. The van der Waals surface area contributed by atoms with Crippen LogP contribution in [0.3, 0.4) is 0 Å². The molecule has 1 aromatic carbocycles. The first-order valence-electron chi connectivity index (χ1n) is 6.10. The summed E-state index contributed by atoms with van der Waals surface area (Å²) in [6.07, 6.45) is 1.12. The molecule has 2 N–H and O–H groups in total. The van der Waals surface area contributed by atoms with Gasteiger partial charge in [-0.1, -0.05) is 17.7 Å². The predicted octanol–water partition coefficient (Wildman–Crippen LogP) is 1.44. The van der Waals surface area contributed by atoms with Gasteiger partial charge in [0.2, 0.25) is 0 Å². The van der Waals surface area contributed by atoms with Crippen molar-refractivity contribution in [1.82, 2.24) is 10.6 Å². The fourth-order valence-electron chi connectivity index (χ4n) is 1.90. The van der Waals surface area contributed by atoms with Crippen molar-refractivity contribution in [2.75, 3.05) is 26.2 Å². The number of carbonyl (C=O) groups is 1. The molecule has 0 aliphatic carbocycles. The van der Waals surface area contributed by atoms with Crippen LogP contribution in [0.4, 0.5) is 0 Å². The average molecular weight is 269 g/mol. The second-order valence-corrected chi connectivity index (χ2v) is 4.85. The van der Waals surface area contributed by atoms with Gasteiger partial charge in [-0.3, -0.25) is 4.79 Å². The van der Waals surface area contributed by atoms with Gasteiger partial charge < -0.3 is 15.4 Å². The van der Waals surface area contributed by atoms with Crippen LogP contribution in [0, 0.1) is 5.92 Å². The van der Waals surface area contributed by atoms with Crippen LogP contribution in [0.2, 0.25) is 5.02 Å². The number of halogens is 1. The zero-order chi connectivity index (χ0) is 12.8. The van der Waals surface area contributed by atoms with E-state index in [2.05, 4.69) is 10.6 Å². The monoisotopic (exact) mass is 268 g/mol. The van der Waals surface area contributed by atoms with Crippen molar-refractivity contribution < 1.29 is 9.53 Å². The Morgan fingerprint density at radius 3 is 3.17 bits per heavy atom. The number of benzene rings is 1. The topological polar surface area (TPSA) is 50.4 Å². The lowest BCUT2D eigenvalue weighted by Crippen LogP contribution is -2.33. The molecule has 0 radical (unpaired) electrons. The van der Waals surface area contributed by atoms with E-state index in [0.29, 0.717) is 23.2 Å². The van der Waals surface area contributed by atoms with Crippen molar-refractivity contribution in [3.05, 3.63) is 29.3 Å². The molecule has 1 heterocycles. The van der Waals surface area contributed by atoms with Crippen molar-refractivity contribution in [3.63, 3.8) is 0 Å². The number of carbonyl (C=O) groups excluding carboxylic acids is 1. The number of rotatable bonds is 5. The van der Waals surface area contributed by atoms with Gasteiger partial charge in [-0.25, -0.2) is 0 Å². The van der Waals surface area contributed by atoms with Crippen LogP contribution in [0.15, 0.2) is 24.3 Å². The second-order valence-electron chi connectivity index (χ2n) is 4.41. The highest BCUT2D eigenvalue weighted by Gasteiger charge is 2.15. The van der Waals surface area contributed by atoms with Gasteiger partial charge in [0.25, 0.3) is 5.91 Å². The molecule has 1 unspecified atom stereocenters. The minimum absolute atomic E-state index is 0.0283. The van der Waals surface area contributed by atoms with Crippen molar-refractivity contribution >= 4 is 17.5 Å². The van der Waals surface area contributed by atoms with E-state index in [4.69, 9.17) is 16.3 Å². The van der Waals surface area contributed by atoms with Crippen LogP contribution in [0.1, 0.15) is 6.42 Å². The third-order valence-electron chi connectivity index (χ3n) is 2.92. The van der Waals surface area contributed by atoms with Crippen LogP contribution in [0.25, 0.3) is 0 Å². The summed E-state index contributed by atoms with van der Waals surface area (Å²) < 4.78 is 5.35. The fourth-order valence-corrected chi connectivity index (χ4v) is 2.08. The molecule has 0 saturated carbocycles. The predicted molar refractivity (Wildman–Crippen MR) is 70.9 cm³/mol. The fraction of sp³-hybridized carbons (Fsp3) is 0.462. The minimum Gasteiger partial charge on any atom is -0.484 e. The molecule has 1 aromatic rings. The van der Waals surface area contributed by atoms with Crippen LogP contribution in [-0.2, 0) is 4.79 Å². The number of hydrogen-bond acceptors (Lipinski definition) is 3. The van der Waals surface area contributed by atoms with E-state index in [-0.39, 0.29) is 12.5 Å². The first-order valence-corrected chi connectivity index (χ1v) is 6.47. The van der Waals surface area contributed by atoms with E-state index in [0.717, 1.165) is 19.5 Å². The van der Waals surface area contributed by atoms with Crippen LogP contribution in [-0.4, -0.2) is 32.1 Å². The zero-order valence-corrected chi connectivity index (χ0v) is 10.9. The van der Waals surface area contributed by atoms with E-state index < -0.39 is 0 Å². The lowest BCUT2D eigenvalue weighted by Gasteiger charge is -2.10. The van der Waals surface area contributed by atoms with Gasteiger partial charge in [0, 0.05) is 11.6 Å². The molecular weight excluding hydrogens is 252 g/mol. The molecule has 98 valence electrons. The maximum absolute atomic E-state index is 11.6. The standard InChI is InChI=1S/C13H17ClN2O2/c14-11-2-1-3-12(6-11)18-9-13(17)16-8-10-4-5-15-7-10/h1-3,6,10,15H,4-5,7-9H2,(H,16,17). The third kappa shape index (κ3) is 4.20. The lowest BCUT2D eigenvalue weighted by molar-refractivity contribution is -0.123. The molecule has 1 aliphatic rings. The molecule has 18 heavy (non-hydrogen) atoms. The minimum atomic E-state index is -0.0955. The van der Waals surface area contributed by atoms with Crippen LogP contribution >= 0.6 is 11.6 Å². The van der Waals surface area contributed by atoms with Gasteiger partial charge in [-0.05, 0) is 43.6 Å². The molecule has 1 fully saturated rings. The summed E-state index contributed by atoms with van der Waals surface area (Å²) in [5, 5.41) is 6.74. The molecule has 1 amide bonds.